The van der Waals surface area contributed by atoms with Gasteiger partial charge in [0.2, 0.25) is 0 Å². The van der Waals surface area contributed by atoms with E-state index in [1.807, 2.05) is 31.2 Å². The molecule has 100 valence electrons. The number of hydrogen-bond acceptors (Lipinski definition) is 1. The van der Waals surface area contributed by atoms with Gasteiger partial charge < -0.3 is 5.73 Å². The molecule has 0 spiro atoms. The Hall–Kier alpha value is -1.74. The summed E-state index contributed by atoms with van der Waals surface area (Å²) in [6.07, 6.45) is 0.724. The second-order valence-corrected chi connectivity index (χ2v) is 4.80. The number of nitrogens with two attached hydrogens (primary N) is 1. The van der Waals surface area contributed by atoms with Crippen LogP contribution in [-0.4, -0.2) is 6.54 Å². The lowest BCUT2D eigenvalue weighted by molar-refractivity contribution is 0.505. The van der Waals surface area contributed by atoms with Gasteiger partial charge in [0.25, 0.3) is 0 Å². The zero-order valence-corrected chi connectivity index (χ0v) is 10.9. The van der Waals surface area contributed by atoms with Gasteiger partial charge >= 0.3 is 0 Å². The number of hydrogen-bond donors (Lipinski definition) is 1. The van der Waals surface area contributed by atoms with Crippen LogP contribution in [-0.2, 0) is 6.42 Å². The fraction of sp³-hybridized carbons (Fsp3) is 0.250. The summed E-state index contributed by atoms with van der Waals surface area (Å²) >= 11 is 0. The van der Waals surface area contributed by atoms with E-state index in [2.05, 4.69) is 0 Å². The highest BCUT2D eigenvalue weighted by Gasteiger charge is 2.13. The van der Waals surface area contributed by atoms with E-state index in [0.29, 0.717) is 6.54 Å². The van der Waals surface area contributed by atoms with Crippen LogP contribution in [0.15, 0.2) is 42.5 Å². The summed E-state index contributed by atoms with van der Waals surface area (Å²) in [5.41, 5.74) is 8.83. The summed E-state index contributed by atoms with van der Waals surface area (Å²) in [6, 6.07) is 12.1. The molecule has 0 aliphatic carbocycles. The van der Waals surface area contributed by atoms with E-state index in [-0.39, 0.29) is 5.92 Å². The van der Waals surface area contributed by atoms with Crippen molar-refractivity contribution in [3.63, 3.8) is 0 Å². The molecule has 0 saturated heterocycles. The molecule has 2 aromatic carbocycles. The summed E-state index contributed by atoms with van der Waals surface area (Å²) in [7, 11) is 0. The molecule has 0 aliphatic rings. The molecule has 2 aromatic rings. The molecule has 0 fully saturated rings. The monoisotopic (exact) mass is 261 g/mol. The first-order chi connectivity index (χ1) is 9.10. The number of rotatable bonds is 4. The normalized spacial score (nSPS) is 12.4. The molecule has 3 heteroatoms. The van der Waals surface area contributed by atoms with Crippen molar-refractivity contribution in [2.75, 3.05) is 6.54 Å². The highest BCUT2D eigenvalue weighted by Crippen LogP contribution is 2.22. The number of benzene rings is 2. The predicted molar refractivity (Wildman–Crippen MR) is 73.0 cm³/mol. The molecule has 0 heterocycles. The average Bonchev–Trinajstić information content (AvgIpc) is 2.41. The second kappa shape index (κ2) is 5.93. The molecule has 0 amide bonds. The molecule has 1 nitrogen and oxygen atoms in total. The van der Waals surface area contributed by atoms with Crippen molar-refractivity contribution in [3.8, 4) is 0 Å². The second-order valence-electron chi connectivity index (χ2n) is 4.80. The minimum absolute atomic E-state index is 0.00203. The lowest BCUT2D eigenvalue weighted by Gasteiger charge is -2.15. The molecule has 0 saturated carbocycles. The summed E-state index contributed by atoms with van der Waals surface area (Å²) in [5.74, 6) is -1.65. The molecule has 19 heavy (non-hydrogen) atoms. The number of aryl methyl sites for hydroxylation is 1. The first-order valence-electron chi connectivity index (χ1n) is 6.30. The molecule has 0 radical (unpaired) electrons. The molecular weight excluding hydrogens is 244 g/mol. The topological polar surface area (TPSA) is 26.0 Å². The van der Waals surface area contributed by atoms with E-state index < -0.39 is 11.6 Å². The maximum Gasteiger partial charge on any atom is 0.159 e. The fourth-order valence-electron chi connectivity index (χ4n) is 2.11. The molecule has 0 aromatic heterocycles. The number of halogens is 2. The minimum Gasteiger partial charge on any atom is -0.330 e. The average molecular weight is 261 g/mol. The van der Waals surface area contributed by atoms with E-state index in [1.54, 1.807) is 6.07 Å². The molecular formula is C16H17F2N. The molecule has 1 unspecified atom stereocenters. The van der Waals surface area contributed by atoms with Crippen LogP contribution in [0.3, 0.4) is 0 Å². The van der Waals surface area contributed by atoms with Gasteiger partial charge in [-0.3, -0.25) is 0 Å². The zero-order valence-electron chi connectivity index (χ0n) is 10.9. The Morgan fingerprint density at radius 2 is 1.68 bits per heavy atom. The summed E-state index contributed by atoms with van der Waals surface area (Å²) in [6.45, 7) is 2.43. The Morgan fingerprint density at radius 1 is 1.00 bits per heavy atom. The van der Waals surface area contributed by atoms with Crippen molar-refractivity contribution >= 4 is 0 Å². The van der Waals surface area contributed by atoms with E-state index in [9.17, 15) is 8.78 Å². The molecule has 0 aliphatic heterocycles. The third-order valence-electron chi connectivity index (χ3n) is 3.30. The SMILES string of the molecule is Cc1ccc(CC(CN)c2ccc(F)c(F)c2)cc1. The van der Waals surface area contributed by atoms with Gasteiger partial charge in [-0.2, -0.15) is 0 Å². The Morgan fingerprint density at radius 3 is 2.26 bits per heavy atom. The van der Waals surface area contributed by atoms with Gasteiger partial charge in [-0.1, -0.05) is 35.9 Å². The van der Waals surface area contributed by atoms with E-state index in [0.717, 1.165) is 23.6 Å². The van der Waals surface area contributed by atoms with E-state index >= 15 is 0 Å². The smallest absolute Gasteiger partial charge is 0.159 e. The highest BCUT2D eigenvalue weighted by atomic mass is 19.2. The molecule has 2 rings (SSSR count). The Labute approximate surface area is 112 Å². The maximum absolute atomic E-state index is 13.3. The van der Waals surface area contributed by atoms with Crippen LogP contribution in [0.1, 0.15) is 22.6 Å². The largest absolute Gasteiger partial charge is 0.330 e. The lowest BCUT2D eigenvalue weighted by atomic mass is 9.91. The van der Waals surface area contributed by atoms with Crippen molar-refractivity contribution in [3.05, 3.63) is 70.8 Å². The van der Waals surface area contributed by atoms with Crippen LogP contribution < -0.4 is 5.73 Å². The van der Waals surface area contributed by atoms with E-state index in [1.165, 1.54) is 11.6 Å². The zero-order chi connectivity index (χ0) is 13.8. The Kier molecular flexibility index (Phi) is 4.27. The van der Waals surface area contributed by atoms with Crippen LogP contribution in [0.5, 0.6) is 0 Å². The first kappa shape index (κ1) is 13.7. The van der Waals surface area contributed by atoms with E-state index in [4.69, 9.17) is 5.73 Å². The third kappa shape index (κ3) is 3.38. The quantitative estimate of drug-likeness (QED) is 0.894. The summed E-state index contributed by atoms with van der Waals surface area (Å²) < 4.78 is 26.2. The minimum atomic E-state index is -0.824. The van der Waals surface area contributed by atoms with Gasteiger partial charge in [0.15, 0.2) is 11.6 Å². The standard InChI is InChI=1S/C16H17F2N/c1-11-2-4-12(5-3-11)8-14(10-19)13-6-7-15(17)16(18)9-13/h2-7,9,14H,8,10,19H2,1H3. The Bertz CT molecular complexity index is 549. The lowest BCUT2D eigenvalue weighted by Crippen LogP contribution is -2.15. The van der Waals surface area contributed by atoms with Gasteiger partial charge in [-0.25, -0.2) is 8.78 Å². The molecule has 2 N–H and O–H groups in total. The third-order valence-corrected chi connectivity index (χ3v) is 3.30. The fourth-order valence-corrected chi connectivity index (χ4v) is 2.11. The van der Waals surface area contributed by atoms with Crippen LogP contribution in [0.2, 0.25) is 0 Å². The van der Waals surface area contributed by atoms with Crippen LogP contribution >= 0.6 is 0 Å². The maximum atomic E-state index is 13.3. The van der Waals surface area contributed by atoms with Crippen molar-refractivity contribution in [2.45, 2.75) is 19.3 Å². The summed E-state index contributed by atoms with van der Waals surface area (Å²) in [5, 5.41) is 0. The first-order valence-corrected chi connectivity index (χ1v) is 6.30. The van der Waals surface area contributed by atoms with Gasteiger partial charge in [0.05, 0.1) is 0 Å². The van der Waals surface area contributed by atoms with Crippen molar-refractivity contribution in [2.24, 2.45) is 5.73 Å². The molecule has 1 atom stereocenters. The Balaban J connectivity index is 2.19. The van der Waals surface area contributed by atoms with Crippen LogP contribution in [0.4, 0.5) is 8.78 Å². The van der Waals surface area contributed by atoms with Crippen molar-refractivity contribution in [1.82, 2.24) is 0 Å². The summed E-state index contributed by atoms with van der Waals surface area (Å²) in [4.78, 5) is 0. The van der Waals surface area contributed by atoms with Crippen LogP contribution in [0, 0.1) is 18.6 Å². The van der Waals surface area contributed by atoms with Gasteiger partial charge in [-0.05, 0) is 43.1 Å². The van der Waals surface area contributed by atoms with Crippen LogP contribution in [0.25, 0.3) is 0 Å². The van der Waals surface area contributed by atoms with Crippen molar-refractivity contribution < 1.29 is 8.78 Å². The predicted octanol–water partition coefficient (Wildman–Crippen LogP) is 3.56. The van der Waals surface area contributed by atoms with Crippen molar-refractivity contribution in [1.29, 1.82) is 0 Å². The van der Waals surface area contributed by atoms with Gasteiger partial charge in [0.1, 0.15) is 0 Å². The molecule has 0 bridgehead atoms. The highest BCUT2D eigenvalue weighted by molar-refractivity contribution is 5.27. The van der Waals surface area contributed by atoms with Gasteiger partial charge in [-0.15, -0.1) is 0 Å². The van der Waals surface area contributed by atoms with Gasteiger partial charge in [0, 0.05) is 5.92 Å².